The fourth-order valence-electron chi connectivity index (χ4n) is 2.30. The number of hydrogen-bond donors (Lipinski definition) is 1. The topological polar surface area (TPSA) is 45.2 Å². The maximum atomic E-state index is 11.9. The molecule has 0 spiro atoms. The molecule has 1 atom stereocenters. The zero-order valence-electron chi connectivity index (χ0n) is 11.3. The zero-order chi connectivity index (χ0) is 13.1. The van der Waals surface area contributed by atoms with Crippen LogP contribution in [0.3, 0.4) is 0 Å². The summed E-state index contributed by atoms with van der Waals surface area (Å²) < 4.78 is 0. The van der Waals surface area contributed by atoms with Crippen molar-refractivity contribution < 1.29 is 4.79 Å². The average Bonchev–Trinajstić information content (AvgIpc) is 2.71. The number of rotatable bonds is 4. The Kier molecular flexibility index (Phi) is 3.84. The lowest BCUT2D eigenvalue weighted by molar-refractivity contribution is -0.128. The lowest BCUT2D eigenvalue weighted by Gasteiger charge is -2.18. The molecule has 98 valence electrons. The monoisotopic (exact) mass is 247 g/mol. The number of hydrogen-bond acceptors (Lipinski definition) is 3. The van der Waals surface area contributed by atoms with Gasteiger partial charge >= 0.3 is 0 Å². The molecule has 1 aromatic heterocycles. The number of pyridine rings is 1. The van der Waals surface area contributed by atoms with Gasteiger partial charge < -0.3 is 10.2 Å². The van der Waals surface area contributed by atoms with Gasteiger partial charge in [0.2, 0.25) is 5.91 Å². The summed E-state index contributed by atoms with van der Waals surface area (Å²) in [6.07, 6.45) is 0.684. The van der Waals surface area contributed by atoms with Gasteiger partial charge in [-0.15, -0.1) is 0 Å². The molecule has 0 aliphatic carbocycles. The Labute approximate surface area is 108 Å². The molecule has 0 bridgehead atoms. The van der Waals surface area contributed by atoms with Gasteiger partial charge in [0.25, 0.3) is 0 Å². The molecular formula is C14H21N3O. The van der Waals surface area contributed by atoms with Gasteiger partial charge in [0, 0.05) is 20.0 Å². The highest BCUT2D eigenvalue weighted by Crippen LogP contribution is 2.25. The molecule has 0 aromatic carbocycles. The number of nitrogens with zero attached hydrogens (tertiary/aromatic N) is 2. The van der Waals surface area contributed by atoms with Crippen molar-refractivity contribution in [1.29, 1.82) is 0 Å². The lowest BCUT2D eigenvalue weighted by atomic mass is 9.95. The molecule has 1 N–H and O–H groups in total. The fraction of sp³-hybridized carbons (Fsp3) is 0.571. The van der Waals surface area contributed by atoms with Crippen LogP contribution < -0.4 is 5.32 Å². The summed E-state index contributed by atoms with van der Waals surface area (Å²) in [5.74, 6) is 2.16. The first kappa shape index (κ1) is 12.9. The van der Waals surface area contributed by atoms with Crippen LogP contribution in [0.4, 0.5) is 5.82 Å². The molecule has 1 unspecified atom stereocenters. The van der Waals surface area contributed by atoms with Crippen molar-refractivity contribution in [1.82, 2.24) is 9.88 Å². The van der Waals surface area contributed by atoms with Crippen LogP contribution in [0, 0.1) is 11.8 Å². The van der Waals surface area contributed by atoms with Gasteiger partial charge in [-0.25, -0.2) is 4.98 Å². The molecule has 4 nitrogen and oxygen atoms in total. The largest absolute Gasteiger partial charge is 0.373 e. The average molecular weight is 247 g/mol. The summed E-state index contributed by atoms with van der Waals surface area (Å²) in [6.45, 7) is 5.85. The minimum atomic E-state index is 0.255. The van der Waals surface area contributed by atoms with Crippen LogP contribution >= 0.6 is 0 Å². The van der Waals surface area contributed by atoms with Crippen molar-refractivity contribution in [3.05, 3.63) is 23.9 Å². The second-order valence-electron chi connectivity index (χ2n) is 5.25. The lowest BCUT2D eigenvalue weighted by Crippen LogP contribution is -2.25. The van der Waals surface area contributed by atoms with Crippen LogP contribution in [0.15, 0.2) is 18.2 Å². The van der Waals surface area contributed by atoms with E-state index in [0.29, 0.717) is 24.8 Å². The van der Waals surface area contributed by atoms with Crippen LogP contribution in [-0.4, -0.2) is 29.4 Å². The molecule has 2 heterocycles. The minimum absolute atomic E-state index is 0.255. The summed E-state index contributed by atoms with van der Waals surface area (Å²) in [4.78, 5) is 18.3. The normalized spacial score (nSPS) is 19.7. The molecular weight excluding hydrogens is 226 g/mol. The number of nitrogens with one attached hydrogen (secondary N) is 1. The van der Waals surface area contributed by atoms with Gasteiger partial charge in [-0.2, -0.15) is 0 Å². The van der Waals surface area contributed by atoms with Crippen molar-refractivity contribution in [3.8, 4) is 0 Å². The smallest absolute Gasteiger partial charge is 0.223 e. The molecule has 1 aliphatic heterocycles. The molecule has 18 heavy (non-hydrogen) atoms. The maximum Gasteiger partial charge on any atom is 0.223 e. The number of likely N-dealkylation sites (tertiary alicyclic amines) is 1. The molecule has 0 saturated carbocycles. The number of carbonyl (C=O) groups is 1. The van der Waals surface area contributed by atoms with E-state index < -0.39 is 0 Å². The molecule has 1 fully saturated rings. The van der Waals surface area contributed by atoms with Gasteiger partial charge in [-0.1, -0.05) is 19.9 Å². The van der Waals surface area contributed by atoms with Gasteiger partial charge in [-0.05, 0) is 24.0 Å². The van der Waals surface area contributed by atoms with E-state index in [1.165, 1.54) is 0 Å². The Morgan fingerprint density at radius 3 is 2.89 bits per heavy atom. The number of amides is 1. The number of carbonyl (C=O) groups excluding carboxylic acids is 1. The van der Waals surface area contributed by atoms with E-state index in [0.717, 1.165) is 18.1 Å². The van der Waals surface area contributed by atoms with Crippen molar-refractivity contribution in [2.24, 2.45) is 11.8 Å². The van der Waals surface area contributed by atoms with Gasteiger partial charge in [0.15, 0.2) is 0 Å². The standard InChI is InChI=1S/C14H21N3O/c1-10(2)11-7-14(18)17(8-11)9-12-5-4-6-13(15-3)16-12/h4-6,10-11H,7-9H2,1-3H3,(H,15,16). The van der Waals surface area contributed by atoms with E-state index in [9.17, 15) is 4.79 Å². The SMILES string of the molecule is CNc1cccc(CN2CC(C(C)C)CC2=O)n1. The Hall–Kier alpha value is -1.58. The van der Waals surface area contributed by atoms with Crippen LogP contribution in [0.1, 0.15) is 26.0 Å². The van der Waals surface area contributed by atoms with Crippen molar-refractivity contribution in [2.75, 3.05) is 18.9 Å². The van der Waals surface area contributed by atoms with Gasteiger partial charge in [-0.3, -0.25) is 4.79 Å². The van der Waals surface area contributed by atoms with Crippen LogP contribution in [0.25, 0.3) is 0 Å². The maximum absolute atomic E-state index is 11.9. The van der Waals surface area contributed by atoms with E-state index in [-0.39, 0.29) is 5.91 Å². The molecule has 0 radical (unpaired) electrons. The van der Waals surface area contributed by atoms with Crippen LogP contribution in [-0.2, 0) is 11.3 Å². The summed E-state index contributed by atoms with van der Waals surface area (Å²) in [5.41, 5.74) is 0.944. The van der Waals surface area contributed by atoms with Crippen molar-refractivity contribution >= 4 is 11.7 Å². The van der Waals surface area contributed by atoms with E-state index >= 15 is 0 Å². The van der Waals surface area contributed by atoms with Gasteiger partial charge in [0.05, 0.1) is 12.2 Å². The highest BCUT2D eigenvalue weighted by atomic mass is 16.2. The number of aromatic nitrogens is 1. The fourth-order valence-corrected chi connectivity index (χ4v) is 2.30. The molecule has 1 amide bonds. The summed E-state index contributed by atoms with van der Waals surface area (Å²) >= 11 is 0. The quantitative estimate of drug-likeness (QED) is 0.886. The van der Waals surface area contributed by atoms with E-state index in [1.807, 2.05) is 30.1 Å². The Balaban J connectivity index is 2.03. The molecule has 2 rings (SSSR count). The first-order valence-corrected chi connectivity index (χ1v) is 6.51. The third-order valence-electron chi connectivity index (χ3n) is 3.60. The summed E-state index contributed by atoms with van der Waals surface area (Å²) in [6, 6.07) is 5.86. The van der Waals surface area contributed by atoms with Crippen molar-refractivity contribution in [3.63, 3.8) is 0 Å². The third kappa shape index (κ3) is 2.81. The highest BCUT2D eigenvalue weighted by molar-refractivity contribution is 5.78. The molecule has 1 aliphatic rings. The first-order valence-electron chi connectivity index (χ1n) is 6.51. The Morgan fingerprint density at radius 2 is 2.28 bits per heavy atom. The van der Waals surface area contributed by atoms with Crippen LogP contribution in [0.5, 0.6) is 0 Å². The van der Waals surface area contributed by atoms with Crippen molar-refractivity contribution in [2.45, 2.75) is 26.8 Å². The Morgan fingerprint density at radius 1 is 1.50 bits per heavy atom. The molecule has 1 saturated heterocycles. The van der Waals surface area contributed by atoms with E-state index in [4.69, 9.17) is 0 Å². The second kappa shape index (κ2) is 5.38. The van der Waals surface area contributed by atoms with E-state index in [2.05, 4.69) is 24.1 Å². The first-order chi connectivity index (χ1) is 8.60. The summed E-state index contributed by atoms with van der Waals surface area (Å²) in [7, 11) is 1.85. The molecule has 4 heteroatoms. The van der Waals surface area contributed by atoms with Gasteiger partial charge in [0.1, 0.15) is 5.82 Å². The third-order valence-corrected chi connectivity index (χ3v) is 3.60. The minimum Gasteiger partial charge on any atom is -0.373 e. The highest BCUT2D eigenvalue weighted by Gasteiger charge is 2.31. The predicted molar refractivity (Wildman–Crippen MR) is 72.1 cm³/mol. The zero-order valence-corrected chi connectivity index (χ0v) is 11.3. The van der Waals surface area contributed by atoms with Crippen LogP contribution in [0.2, 0.25) is 0 Å². The van der Waals surface area contributed by atoms with E-state index in [1.54, 1.807) is 0 Å². The Bertz CT molecular complexity index is 431. The number of anilines is 1. The predicted octanol–water partition coefficient (Wildman–Crippen LogP) is 2.13. The molecule has 1 aromatic rings. The summed E-state index contributed by atoms with van der Waals surface area (Å²) in [5, 5.41) is 3.02. The second-order valence-corrected chi connectivity index (χ2v) is 5.25.